The first-order chi connectivity index (χ1) is 7.00. The van der Waals surface area contributed by atoms with Crippen molar-refractivity contribution < 1.29 is 14.7 Å². The van der Waals surface area contributed by atoms with Crippen LogP contribution in [0.5, 0.6) is 0 Å². The van der Waals surface area contributed by atoms with Gasteiger partial charge in [0.1, 0.15) is 4.88 Å². The molecular formula is C9H12N2O3S. The molecule has 0 aliphatic heterocycles. The summed E-state index contributed by atoms with van der Waals surface area (Å²) in [5.41, 5.74) is 0.685. The minimum atomic E-state index is -0.924. The summed E-state index contributed by atoms with van der Waals surface area (Å²) in [6.07, 6.45) is -0.0669. The lowest BCUT2D eigenvalue weighted by atomic mass is 10.3. The van der Waals surface area contributed by atoms with E-state index in [0.717, 1.165) is 5.01 Å². The summed E-state index contributed by atoms with van der Waals surface area (Å²) in [6.45, 7) is 3.73. The van der Waals surface area contributed by atoms with Gasteiger partial charge in [-0.15, -0.1) is 11.3 Å². The quantitative estimate of drug-likeness (QED) is 0.804. The maximum Gasteiger partial charge on any atom is 0.305 e. The van der Waals surface area contributed by atoms with Crippen molar-refractivity contribution in [3.63, 3.8) is 0 Å². The van der Waals surface area contributed by atoms with Gasteiger partial charge in [0.05, 0.1) is 17.1 Å². The lowest BCUT2D eigenvalue weighted by Gasteiger charge is -2.00. The molecule has 0 aliphatic rings. The van der Waals surface area contributed by atoms with E-state index in [2.05, 4.69) is 10.3 Å². The average molecular weight is 228 g/mol. The number of aliphatic carboxylic acids is 1. The van der Waals surface area contributed by atoms with Gasteiger partial charge in [-0.25, -0.2) is 4.98 Å². The Morgan fingerprint density at radius 1 is 1.47 bits per heavy atom. The van der Waals surface area contributed by atoms with Crippen molar-refractivity contribution in [2.75, 3.05) is 6.54 Å². The van der Waals surface area contributed by atoms with Crippen LogP contribution in [-0.4, -0.2) is 28.5 Å². The second-order valence-corrected chi connectivity index (χ2v) is 4.25. The van der Waals surface area contributed by atoms with Crippen LogP contribution >= 0.6 is 11.3 Å². The number of aromatic nitrogens is 1. The van der Waals surface area contributed by atoms with Gasteiger partial charge in [0, 0.05) is 6.54 Å². The fourth-order valence-electron chi connectivity index (χ4n) is 1.11. The van der Waals surface area contributed by atoms with Crippen molar-refractivity contribution in [2.24, 2.45) is 0 Å². The van der Waals surface area contributed by atoms with Gasteiger partial charge in [-0.05, 0) is 13.8 Å². The summed E-state index contributed by atoms with van der Waals surface area (Å²) in [5.74, 6) is -1.17. The number of carbonyl (C=O) groups is 2. The van der Waals surface area contributed by atoms with Crippen LogP contribution in [0.25, 0.3) is 0 Å². The molecule has 5 nitrogen and oxygen atoms in total. The smallest absolute Gasteiger partial charge is 0.305 e. The van der Waals surface area contributed by atoms with Gasteiger partial charge >= 0.3 is 5.97 Å². The second-order valence-electron chi connectivity index (χ2n) is 3.05. The molecule has 1 aromatic heterocycles. The van der Waals surface area contributed by atoms with E-state index in [-0.39, 0.29) is 18.9 Å². The summed E-state index contributed by atoms with van der Waals surface area (Å²) in [7, 11) is 0. The predicted molar refractivity (Wildman–Crippen MR) is 56.2 cm³/mol. The van der Waals surface area contributed by atoms with Gasteiger partial charge in [-0.3, -0.25) is 9.59 Å². The van der Waals surface area contributed by atoms with E-state index in [1.54, 1.807) is 6.92 Å². The normalized spacial score (nSPS) is 10.0. The van der Waals surface area contributed by atoms with Crippen LogP contribution in [0.2, 0.25) is 0 Å². The molecule has 0 fully saturated rings. The molecule has 0 atom stereocenters. The third-order valence-electron chi connectivity index (χ3n) is 1.73. The maximum atomic E-state index is 11.5. The summed E-state index contributed by atoms with van der Waals surface area (Å²) >= 11 is 1.31. The van der Waals surface area contributed by atoms with E-state index in [0.29, 0.717) is 10.6 Å². The van der Waals surface area contributed by atoms with E-state index in [4.69, 9.17) is 5.11 Å². The Morgan fingerprint density at radius 2 is 2.13 bits per heavy atom. The van der Waals surface area contributed by atoms with E-state index in [9.17, 15) is 9.59 Å². The highest BCUT2D eigenvalue weighted by molar-refractivity contribution is 7.13. The molecule has 1 aromatic rings. The predicted octanol–water partition coefficient (Wildman–Crippen LogP) is 0.964. The number of carboxylic acid groups (broad SMARTS) is 1. The zero-order valence-electron chi connectivity index (χ0n) is 8.53. The molecule has 0 aliphatic carbocycles. The first-order valence-corrected chi connectivity index (χ1v) is 5.26. The topological polar surface area (TPSA) is 79.3 Å². The monoisotopic (exact) mass is 228 g/mol. The Labute approximate surface area is 91.1 Å². The van der Waals surface area contributed by atoms with Gasteiger partial charge in [-0.2, -0.15) is 0 Å². The number of hydrogen-bond donors (Lipinski definition) is 2. The zero-order valence-corrected chi connectivity index (χ0v) is 9.35. The Kier molecular flexibility index (Phi) is 3.79. The molecule has 15 heavy (non-hydrogen) atoms. The number of aryl methyl sites for hydroxylation is 2. The Balaban J connectivity index is 2.54. The highest BCUT2D eigenvalue weighted by Gasteiger charge is 2.13. The number of amides is 1. The number of carboxylic acids is 1. The number of hydrogen-bond acceptors (Lipinski definition) is 4. The minimum absolute atomic E-state index is 0.0669. The summed E-state index contributed by atoms with van der Waals surface area (Å²) in [4.78, 5) is 26.4. The van der Waals surface area contributed by atoms with Gasteiger partial charge < -0.3 is 10.4 Å². The molecular weight excluding hydrogens is 216 g/mol. The van der Waals surface area contributed by atoms with Gasteiger partial charge in [0.25, 0.3) is 5.91 Å². The van der Waals surface area contributed by atoms with Crippen LogP contribution in [-0.2, 0) is 4.79 Å². The van der Waals surface area contributed by atoms with E-state index < -0.39 is 5.97 Å². The number of nitrogens with zero attached hydrogens (tertiary/aromatic N) is 1. The number of rotatable bonds is 4. The van der Waals surface area contributed by atoms with Crippen LogP contribution < -0.4 is 5.32 Å². The number of nitrogens with one attached hydrogen (secondary N) is 1. The molecule has 0 saturated carbocycles. The van der Waals surface area contributed by atoms with E-state index in [1.807, 2.05) is 6.92 Å². The van der Waals surface area contributed by atoms with Crippen molar-refractivity contribution in [1.82, 2.24) is 10.3 Å². The first-order valence-electron chi connectivity index (χ1n) is 4.44. The highest BCUT2D eigenvalue weighted by Crippen LogP contribution is 2.16. The lowest BCUT2D eigenvalue weighted by molar-refractivity contribution is -0.136. The molecule has 2 N–H and O–H groups in total. The summed E-state index contributed by atoms with van der Waals surface area (Å²) in [6, 6.07) is 0. The molecule has 0 saturated heterocycles. The maximum absolute atomic E-state index is 11.5. The molecule has 82 valence electrons. The van der Waals surface area contributed by atoms with Crippen molar-refractivity contribution in [2.45, 2.75) is 20.3 Å². The third kappa shape index (κ3) is 3.32. The molecule has 6 heteroatoms. The molecule has 1 heterocycles. The molecule has 1 rings (SSSR count). The fraction of sp³-hybridized carbons (Fsp3) is 0.444. The van der Waals surface area contributed by atoms with Crippen LogP contribution in [0.1, 0.15) is 26.8 Å². The van der Waals surface area contributed by atoms with Crippen molar-refractivity contribution >= 4 is 23.2 Å². The fourth-order valence-corrected chi connectivity index (χ4v) is 1.94. The van der Waals surface area contributed by atoms with Crippen LogP contribution in [0.3, 0.4) is 0 Å². The molecule has 0 unspecified atom stereocenters. The SMILES string of the molecule is Cc1nc(C)c(C(=O)NCCC(=O)O)s1. The average Bonchev–Trinajstić information content (AvgIpc) is 2.44. The molecule has 0 aromatic carbocycles. The zero-order chi connectivity index (χ0) is 11.4. The Morgan fingerprint density at radius 3 is 2.60 bits per heavy atom. The van der Waals surface area contributed by atoms with Gasteiger partial charge in [0.15, 0.2) is 0 Å². The summed E-state index contributed by atoms with van der Waals surface area (Å²) in [5, 5.41) is 11.8. The highest BCUT2D eigenvalue weighted by atomic mass is 32.1. The number of thiazole rings is 1. The molecule has 1 amide bonds. The van der Waals surface area contributed by atoms with Crippen molar-refractivity contribution in [3.8, 4) is 0 Å². The second kappa shape index (κ2) is 4.88. The van der Waals surface area contributed by atoms with E-state index >= 15 is 0 Å². The van der Waals surface area contributed by atoms with E-state index in [1.165, 1.54) is 11.3 Å². The minimum Gasteiger partial charge on any atom is -0.481 e. The lowest BCUT2D eigenvalue weighted by Crippen LogP contribution is -2.25. The number of carbonyl (C=O) groups excluding carboxylic acids is 1. The van der Waals surface area contributed by atoms with Gasteiger partial charge in [-0.1, -0.05) is 0 Å². The Hall–Kier alpha value is -1.43. The van der Waals surface area contributed by atoms with Gasteiger partial charge in [0.2, 0.25) is 0 Å². The van der Waals surface area contributed by atoms with Crippen LogP contribution in [0.4, 0.5) is 0 Å². The third-order valence-corrected chi connectivity index (χ3v) is 2.81. The summed E-state index contributed by atoms with van der Waals surface area (Å²) < 4.78 is 0. The molecule has 0 radical (unpaired) electrons. The van der Waals surface area contributed by atoms with Crippen molar-refractivity contribution in [1.29, 1.82) is 0 Å². The molecule has 0 bridgehead atoms. The van der Waals surface area contributed by atoms with Crippen LogP contribution in [0, 0.1) is 13.8 Å². The first kappa shape index (κ1) is 11.6. The standard InChI is InChI=1S/C9H12N2O3S/c1-5-8(15-6(2)11-5)9(14)10-4-3-7(12)13/h3-4H2,1-2H3,(H,10,14)(H,12,13). The molecule has 0 spiro atoms. The van der Waals surface area contributed by atoms with Crippen molar-refractivity contribution in [3.05, 3.63) is 15.6 Å². The van der Waals surface area contributed by atoms with Crippen LogP contribution in [0.15, 0.2) is 0 Å². The largest absolute Gasteiger partial charge is 0.481 e. The Bertz CT molecular complexity index is 387.